The number of benzene rings is 2. The summed E-state index contributed by atoms with van der Waals surface area (Å²) in [5.41, 5.74) is 1.95. The molecule has 0 saturated carbocycles. The Hall–Kier alpha value is -2.48. The number of hydrogen-bond acceptors (Lipinski definition) is 1. The zero-order chi connectivity index (χ0) is 13.3. The minimum absolute atomic E-state index is 0.318. The maximum atomic E-state index is 5.59. The minimum atomic E-state index is -0.341. The third-order valence-corrected chi connectivity index (χ3v) is 2.58. The van der Waals surface area contributed by atoms with Gasteiger partial charge in [-0.2, -0.15) is 0 Å². The third-order valence-electron chi connectivity index (χ3n) is 2.58. The van der Waals surface area contributed by atoms with Crippen LogP contribution in [0.25, 0.3) is 0 Å². The molecule has 0 saturated heterocycles. The molecule has 1 unspecified atom stereocenters. The van der Waals surface area contributed by atoms with Crippen molar-refractivity contribution in [1.82, 2.24) is 0 Å². The summed E-state index contributed by atoms with van der Waals surface area (Å²) in [6, 6.07) is 19.5. The quantitative estimate of drug-likeness (QED) is 0.754. The van der Waals surface area contributed by atoms with Crippen LogP contribution < -0.4 is 0 Å². The molecule has 0 N–H and O–H groups in total. The van der Waals surface area contributed by atoms with E-state index in [2.05, 4.69) is 17.8 Å². The van der Waals surface area contributed by atoms with E-state index in [9.17, 15) is 0 Å². The highest BCUT2D eigenvalue weighted by atomic mass is 16.5. The van der Waals surface area contributed by atoms with Crippen LogP contribution in [0.3, 0.4) is 0 Å². The van der Waals surface area contributed by atoms with Gasteiger partial charge in [-0.1, -0.05) is 66.3 Å². The Morgan fingerprint density at radius 2 is 1.58 bits per heavy atom. The molecule has 1 atom stereocenters. The summed E-state index contributed by atoms with van der Waals surface area (Å²) in [5.74, 6) is 8.63. The van der Waals surface area contributed by atoms with Gasteiger partial charge in [0.15, 0.2) is 0 Å². The Balaban J connectivity index is 1.92. The van der Waals surface area contributed by atoms with E-state index in [1.807, 2.05) is 60.7 Å². The first-order valence-electron chi connectivity index (χ1n) is 6.07. The molecule has 2 aromatic rings. The molecular weight excluding hydrogens is 232 g/mol. The van der Waals surface area contributed by atoms with Crippen LogP contribution in [0.1, 0.15) is 17.2 Å². The summed E-state index contributed by atoms with van der Waals surface area (Å²) in [5, 5.41) is 0. The molecule has 2 rings (SSSR count). The van der Waals surface area contributed by atoms with E-state index in [4.69, 9.17) is 11.2 Å². The normalized spacial score (nSPS) is 10.9. The molecule has 0 bridgehead atoms. The van der Waals surface area contributed by atoms with E-state index in [1.54, 1.807) is 0 Å². The highest BCUT2D eigenvalue weighted by Gasteiger charge is 2.06. The SMILES string of the molecule is C#CC(OCC#Cc1ccccc1)c1ccccc1. The van der Waals surface area contributed by atoms with Crippen molar-refractivity contribution < 1.29 is 4.74 Å². The summed E-state index contributed by atoms with van der Waals surface area (Å²) in [6.07, 6.45) is 5.13. The Bertz CT molecular complexity index is 597. The predicted octanol–water partition coefficient (Wildman–Crippen LogP) is 3.43. The Kier molecular flexibility index (Phi) is 4.82. The molecule has 0 amide bonds. The van der Waals surface area contributed by atoms with Gasteiger partial charge in [0.2, 0.25) is 0 Å². The molecule has 0 fully saturated rings. The number of hydrogen-bond donors (Lipinski definition) is 0. The van der Waals surface area contributed by atoms with Crippen molar-refractivity contribution in [2.45, 2.75) is 6.10 Å². The fourth-order valence-corrected chi connectivity index (χ4v) is 1.65. The molecule has 2 aromatic carbocycles. The summed E-state index contributed by atoms with van der Waals surface area (Å²) in [6.45, 7) is 0.318. The molecule has 0 radical (unpaired) electrons. The Morgan fingerprint density at radius 1 is 0.947 bits per heavy atom. The van der Waals surface area contributed by atoms with Gasteiger partial charge in [-0.3, -0.25) is 0 Å². The van der Waals surface area contributed by atoms with E-state index in [0.29, 0.717) is 6.61 Å². The molecule has 0 spiro atoms. The molecule has 0 aliphatic rings. The van der Waals surface area contributed by atoms with Crippen molar-refractivity contribution in [1.29, 1.82) is 0 Å². The van der Waals surface area contributed by atoms with Gasteiger partial charge in [0.25, 0.3) is 0 Å². The highest BCUT2D eigenvalue weighted by Crippen LogP contribution is 2.15. The summed E-state index contributed by atoms with van der Waals surface area (Å²) in [4.78, 5) is 0. The lowest BCUT2D eigenvalue weighted by Crippen LogP contribution is -2.01. The van der Waals surface area contributed by atoms with E-state index < -0.39 is 0 Å². The average Bonchev–Trinajstić information content (AvgIpc) is 2.49. The molecule has 0 aliphatic carbocycles. The van der Waals surface area contributed by atoms with Gasteiger partial charge in [0, 0.05) is 5.56 Å². The van der Waals surface area contributed by atoms with Crippen molar-refractivity contribution in [3.05, 3.63) is 71.8 Å². The topological polar surface area (TPSA) is 9.23 Å². The lowest BCUT2D eigenvalue weighted by Gasteiger charge is -2.09. The average molecular weight is 246 g/mol. The van der Waals surface area contributed by atoms with Crippen molar-refractivity contribution in [3.8, 4) is 24.2 Å². The molecule has 1 heteroatoms. The van der Waals surface area contributed by atoms with Crippen LogP contribution in [0.4, 0.5) is 0 Å². The zero-order valence-electron chi connectivity index (χ0n) is 10.5. The van der Waals surface area contributed by atoms with Crippen molar-refractivity contribution in [2.24, 2.45) is 0 Å². The number of ether oxygens (including phenoxy) is 1. The number of rotatable bonds is 3. The monoisotopic (exact) mass is 246 g/mol. The van der Waals surface area contributed by atoms with Crippen LogP contribution in [0.5, 0.6) is 0 Å². The third kappa shape index (κ3) is 4.03. The molecule has 92 valence electrons. The maximum absolute atomic E-state index is 5.59. The fourth-order valence-electron chi connectivity index (χ4n) is 1.65. The molecule has 1 nitrogen and oxygen atoms in total. The first kappa shape index (κ1) is 13.0. The second kappa shape index (κ2) is 7.07. The van der Waals surface area contributed by atoms with Gasteiger partial charge >= 0.3 is 0 Å². The van der Waals surface area contributed by atoms with Crippen LogP contribution in [0.15, 0.2) is 60.7 Å². The van der Waals surface area contributed by atoms with Gasteiger partial charge in [-0.25, -0.2) is 0 Å². The zero-order valence-corrected chi connectivity index (χ0v) is 10.5. The summed E-state index contributed by atoms with van der Waals surface area (Å²) in [7, 11) is 0. The van der Waals surface area contributed by atoms with Crippen LogP contribution >= 0.6 is 0 Å². The lowest BCUT2D eigenvalue weighted by molar-refractivity contribution is 0.121. The van der Waals surface area contributed by atoms with Crippen LogP contribution in [-0.4, -0.2) is 6.61 Å². The van der Waals surface area contributed by atoms with Gasteiger partial charge in [0.1, 0.15) is 12.7 Å². The highest BCUT2D eigenvalue weighted by molar-refractivity contribution is 5.33. The van der Waals surface area contributed by atoms with Crippen molar-refractivity contribution >= 4 is 0 Å². The standard InChI is InChI=1S/C18H14O/c1-2-18(17-13-7-4-8-14-17)19-15-9-12-16-10-5-3-6-11-16/h1,3-8,10-11,13-14,18H,15H2. The molecule has 0 aliphatic heterocycles. The second-order valence-corrected chi connectivity index (χ2v) is 3.94. The first-order chi connectivity index (χ1) is 9.40. The van der Waals surface area contributed by atoms with Gasteiger partial charge in [0.05, 0.1) is 0 Å². The van der Waals surface area contributed by atoms with Crippen LogP contribution in [0.2, 0.25) is 0 Å². The number of terminal acetylenes is 1. The van der Waals surface area contributed by atoms with E-state index in [1.165, 1.54) is 0 Å². The maximum Gasteiger partial charge on any atom is 0.144 e. The Morgan fingerprint density at radius 3 is 2.21 bits per heavy atom. The van der Waals surface area contributed by atoms with Crippen LogP contribution in [0, 0.1) is 24.2 Å². The molecule has 19 heavy (non-hydrogen) atoms. The predicted molar refractivity (Wildman–Crippen MR) is 77.3 cm³/mol. The van der Waals surface area contributed by atoms with Crippen LogP contribution in [-0.2, 0) is 4.74 Å². The minimum Gasteiger partial charge on any atom is -0.348 e. The smallest absolute Gasteiger partial charge is 0.144 e. The summed E-state index contributed by atoms with van der Waals surface area (Å²) < 4.78 is 5.59. The van der Waals surface area contributed by atoms with Crippen molar-refractivity contribution in [2.75, 3.05) is 6.61 Å². The Labute approximate surface area is 114 Å². The van der Waals surface area contributed by atoms with Gasteiger partial charge < -0.3 is 4.74 Å². The van der Waals surface area contributed by atoms with Gasteiger partial charge in [-0.05, 0) is 17.7 Å². The lowest BCUT2D eigenvalue weighted by atomic mass is 10.1. The fraction of sp³-hybridized carbons (Fsp3) is 0.111. The first-order valence-corrected chi connectivity index (χ1v) is 6.07. The van der Waals surface area contributed by atoms with E-state index in [0.717, 1.165) is 11.1 Å². The molecule has 0 heterocycles. The van der Waals surface area contributed by atoms with E-state index in [-0.39, 0.29) is 6.10 Å². The van der Waals surface area contributed by atoms with E-state index >= 15 is 0 Å². The van der Waals surface area contributed by atoms with Crippen molar-refractivity contribution in [3.63, 3.8) is 0 Å². The summed E-state index contributed by atoms with van der Waals surface area (Å²) >= 11 is 0. The molecular formula is C18H14O. The van der Waals surface area contributed by atoms with Gasteiger partial charge in [-0.15, -0.1) is 6.42 Å². The largest absolute Gasteiger partial charge is 0.348 e. The second-order valence-electron chi connectivity index (χ2n) is 3.94. The molecule has 0 aromatic heterocycles.